The van der Waals surface area contributed by atoms with Gasteiger partial charge in [0, 0.05) is 11.7 Å². The van der Waals surface area contributed by atoms with Crippen LogP contribution in [0, 0.1) is 0 Å². The molecule has 0 saturated carbocycles. The third-order valence-electron chi connectivity index (χ3n) is 2.09. The molecular weight excluding hydrogens is 212 g/mol. The van der Waals surface area contributed by atoms with Gasteiger partial charge in [-0.15, -0.1) is 0 Å². The Morgan fingerprint density at radius 1 is 1.33 bits per heavy atom. The summed E-state index contributed by atoms with van der Waals surface area (Å²) < 4.78 is 25.0. The highest BCUT2D eigenvalue weighted by atomic mass is 32.2. The lowest BCUT2D eigenvalue weighted by Gasteiger charge is -2.08. The molecule has 1 atom stereocenters. The lowest BCUT2D eigenvalue weighted by atomic mass is 10.1. The largest absolute Gasteiger partial charge is 0.324 e. The van der Waals surface area contributed by atoms with Crippen LogP contribution in [-0.4, -0.2) is 14.2 Å². The molecule has 0 radical (unpaired) electrons. The molecule has 0 fully saturated rings. The van der Waals surface area contributed by atoms with Gasteiger partial charge in [-0.05, 0) is 31.5 Å². The molecule has 1 rings (SSSR count). The van der Waals surface area contributed by atoms with Gasteiger partial charge < -0.3 is 5.73 Å². The van der Waals surface area contributed by atoms with Gasteiger partial charge in [0.2, 0.25) is 10.0 Å². The molecule has 5 heteroatoms. The van der Waals surface area contributed by atoms with Crippen LogP contribution in [0.15, 0.2) is 24.3 Å². The van der Waals surface area contributed by atoms with Crippen molar-refractivity contribution in [1.29, 1.82) is 0 Å². The van der Waals surface area contributed by atoms with E-state index in [-0.39, 0.29) is 11.8 Å². The maximum atomic E-state index is 11.3. The van der Waals surface area contributed by atoms with Gasteiger partial charge in [-0.25, -0.2) is 8.42 Å². The van der Waals surface area contributed by atoms with Gasteiger partial charge in [-0.1, -0.05) is 12.1 Å². The van der Waals surface area contributed by atoms with Crippen LogP contribution >= 0.6 is 0 Å². The SMILES string of the molecule is CCS(=O)(=O)Nc1ccc(C(C)N)cc1. The van der Waals surface area contributed by atoms with E-state index in [2.05, 4.69) is 4.72 Å². The van der Waals surface area contributed by atoms with Gasteiger partial charge in [-0.2, -0.15) is 0 Å². The third-order valence-corrected chi connectivity index (χ3v) is 3.40. The number of sulfonamides is 1. The zero-order chi connectivity index (χ0) is 11.5. The van der Waals surface area contributed by atoms with Crippen LogP contribution in [0.25, 0.3) is 0 Å². The van der Waals surface area contributed by atoms with Crippen molar-refractivity contribution in [3.05, 3.63) is 29.8 Å². The van der Waals surface area contributed by atoms with Crippen LogP contribution < -0.4 is 10.5 Å². The molecule has 0 aliphatic carbocycles. The fourth-order valence-electron chi connectivity index (χ4n) is 1.11. The first-order chi connectivity index (χ1) is 6.94. The van der Waals surface area contributed by atoms with Crippen molar-refractivity contribution in [3.63, 3.8) is 0 Å². The number of hydrogen-bond acceptors (Lipinski definition) is 3. The van der Waals surface area contributed by atoms with Crippen LogP contribution in [0.5, 0.6) is 0 Å². The highest BCUT2D eigenvalue weighted by Gasteiger charge is 2.06. The summed E-state index contributed by atoms with van der Waals surface area (Å²) in [5.41, 5.74) is 7.23. The van der Waals surface area contributed by atoms with Crippen LogP contribution in [0.3, 0.4) is 0 Å². The Balaban J connectivity index is 2.82. The molecule has 4 nitrogen and oxygen atoms in total. The number of rotatable bonds is 4. The molecule has 1 aromatic rings. The standard InChI is InChI=1S/C10H16N2O2S/c1-3-15(13,14)12-10-6-4-9(5-7-10)8(2)11/h4-8,12H,3,11H2,1-2H3. The smallest absolute Gasteiger partial charge is 0.232 e. The second-order valence-corrected chi connectivity index (χ2v) is 5.43. The van der Waals surface area contributed by atoms with Gasteiger partial charge in [0.25, 0.3) is 0 Å². The maximum Gasteiger partial charge on any atom is 0.232 e. The second-order valence-electron chi connectivity index (χ2n) is 3.42. The molecule has 84 valence electrons. The van der Waals surface area contributed by atoms with E-state index in [1.165, 1.54) is 0 Å². The van der Waals surface area contributed by atoms with Crippen molar-refractivity contribution in [2.75, 3.05) is 10.5 Å². The summed E-state index contributed by atoms with van der Waals surface area (Å²) in [6.45, 7) is 3.48. The summed E-state index contributed by atoms with van der Waals surface area (Å²) in [5, 5.41) is 0. The Morgan fingerprint density at radius 2 is 1.87 bits per heavy atom. The van der Waals surface area contributed by atoms with E-state index in [1.807, 2.05) is 19.1 Å². The van der Waals surface area contributed by atoms with Crippen molar-refractivity contribution in [2.24, 2.45) is 5.73 Å². The lowest BCUT2D eigenvalue weighted by Crippen LogP contribution is -2.14. The van der Waals surface area contributed by atoms with Crippen molar-refractivity contribution >= 4 is 15.7 Å². The van der Waals surface area contributed by atoms with Crippen molar-refractivity contribution in [2.45, 2.75) is 19.9 Å². The Bertz CT molecular complexity index is 410. The molecule has 0 spiro atoms. The molecule has 0 bridgehead atoms. The molecule has 0 amide bonds. The van der Waals surface area contributed by atoms with Crippen molar-refractivity contribution in [3.8, 4) is 0 Å². The Hall–Kier alpha value is -1.07. The Labute approximate surface area is 90.5 Å². The van der Waals surface area contributed by atoms with E-state index in [9.17, 15) is 8.42 Å². The minimum atomic E-state index is -3.19. The van der Waals surface area contributed by atoms with E-state index < -0.39 is 10.0 Å². The first-order valence-electron chi connectivity index (χ1n) is 4.80. The fraction of sp³-hybridized carbons (Fsp3) is 0.400. The first-order valence-corrected chi connectivity index (χ1v) is 6.46. The van der Waals surface area contributed by atoms with E-state index in [0.29, 0.717) is 5.69 Å². The minimum Gasteiger partial charge on any atom is -0.324 e. The molecule has 0 saturated heterocycles. The van der Waals surface area contributed by atoms with Crippen LogP contribution in [-0.2, 0) is 10.0 Å². The number of anilines is 1. The Morgan fingerprint density at radius 3 is 2.27 bits per heavy atom. The summed E-state index contributed by atoms with van der Waals surface area (Å²) in [6, 6.07) is 7.02. The number of nitrogens with one attached hydrogen (secondary N) is 1. The minimum absolute atomic E-state index is 0.0400. The Kier molecular flexibility index (Phi) is 3.71. The highest BCUT2D eigenvalue weighted by molar-refractivity contribution is 7.92. The number of hydrogen-bond donors (Lipinski definition) is 2. The predicted octanol–water partition coefficient (Wildman–Crippen LogP) is 1.47. The lowest BCUT2D eigenvalue weighted by molar-refractivity contribution is 0.602. The van der Waals surface area contributed by atoms with Crippen molar-refractivity contribution < 1.29 is 8.42 Å². The molecular formula is C10H16N2O2S. The fourth-order valence-corrected chi connectivity index (χ4v) is 1.75. The summed E-state index contributed by atoms with van der Waals surface area (Å²) >= 11 is 0. The van der Waals surface area contributed by atoms with Crippen LogP contribution in [0.1, 0.15) is 25.5 Å². The molecule has 1 unspecified atom stereocenters. The monoisotopic (exact) mass is 228 g/mol. The molecule has 0 aromatic heterocycles. The second kappa shape index (κ2) is 4.63. The molecule has 1 aromatic carbocycles. The molecule has 0 aliphatic rings. The van der Waals surface area contributed by atoms with Gasteiger partial charge in [-0.3, -0.25) is 4.72 Å². The molecule has 0 heterocycles. The van der Waals surface area contributed by atoms with Gasteiger partial charge in [0.05, 0.1) is 5.75 Å². The highest BCUT2D eigenvalue weighted by Crippen LogP contribution is 2.15. The normalized spacial score (nSPS) is 13.5. The third kappa shape index (κ3) is 3.53. The van der Waals surface area contributed by atoms with Crippen LogP contribution in [0.2, 0.25) is 0 Å². The average molecular weight is 228 g/mol. The number of benzene rings is 1. The van der Waals surface area contributed by atoms with E-state index in [0.717, 1.165) is 5.56 Å². The zero-order valence-corrected chi connectivity index (χ0v) is 9.71. The maximum absolute atomic E-state index is 11.3. The summed E-state index contributed by atoms with van der Waals surface area (Å²) in [4.78, 5) is 0. The van der Waals surface area contributed by atoms with Crippen molar-refractivity contribution in [1.82, 2.24) is 0 Å². The van der Waals surface area contributed by atoms with E-state index >= 15 is 0 Å². The summed E-state index contributed by atoms with van der Waals surface area (Å²) in [6.07, 6.45) is 0. The first kappa shape index (κ1) is 12.0. The topological polar surface area (TPSA) is 72.2 Å². The van der Waals surface area contributed by atoms with Gasteiger partial charge in [0.15, 0.2) is 0 Å². The molecule has 3 N–H and O–H groups in total. The molecule has 15 heavy (non-hydrogen) atoms. The van der Waals surface area contributed by atoms with E-state index in [1.54, 1.807) is 19.1 Å². The molecule has 0 aliphatic heterocycles. The van der Waals surface area contributed by atoms with Gasteiger partial charge >= 0.3 is 0 Å². The average Bonchev–Trinajstić information content (AvgIpc) is 2.18. The zero-order valence-electron chi connectivity index (χ0n) is 8.90. The van der Waals surface area contributed by atoms with E-state index in [4.69, 9.17) is 5.73 Å². The summed E-state index contributed by atoms with van der Waals surface area (Å²) in [7, 11) is -3.19. The predicted molar refractivity (Wildman–Crippen MR) is 62.1 cm³/mol. The quantitative estimate of drug-likeness (QED) is 0.819. The van der Waals surface area contributed by atoms with Crippen LogP contribution in [0.4, 0.5) is 5.69 Å². The number of nitrogens with two attached hydrogens (primary N) is 1. The summed E-state index contributed by atoms with van der Waals surface area (Å²) in [5.74, 6) is 0.0715. The van der Waals surface area contributed by atoms with Gasteiger partial charge in [0.1, 0.15) is 0 Å².